The maximum atomic E-state index is 15.2. The summed E-state index contributed by atoms with van der Waals surface area (Å²) in [6.07, 6.45) is 1.17. The van der Waals surface area contributed by atoms with E-state index < -0.39 is 33.1 Å². The van der Waals surface area contributed by atoms with Crippen LogP contribution in [-0.2, 0) is 26.2 Å². The van der Waals surface area contributed by atoms with Crippen molar-refractivity contribution in [3.63, 3.8) is 0 Å². The predicted molar refractivity (Wildman–Crippen MR) is 130 cm³/mol. The van der Waals surface area contributed by atoms with E-state index in [1.54, 1.807) is 23.1 Å². The van der Waals surface area contributed by atoms with Gasteiger partial charge in [-0.3, -0.25) is 4.79 Å². The third kappa shape index (κ3) is 5.04. The number of benzene rings is 2. The van der Waals surface area contributed by atoms with E-state index in [0.29, 0.717) is 25.1 Å². The van der Waals surface area contributed by atoms with Gasteiger partial charge in [0, 0.05) is 43.9 Å². The van der Waals surface area contributed by atoms with Crippen LogP contribution in [0, 0.1) is 5.82 Å². The molecule has 2 aliphatic rings. The number of carboxylic acids is 1. The number of piperazine rings is 1. The first-order valence-corrected chi connectivity index (χ1v) is 13.2. The highest BCUT2D eigenvalue weighted by atomic mass is 32.2. The van der Waals surface area contributed by atoms with Gasteiger partial charge in [-0.1, -0.05) is 36.4 Å². The summed E-state index contributed by atoms with van der Waals surface area (Å²) in [4.78, 5) is 26.6. The molecule has 10 heteroatoms. The zero-order valence-electron chi connectivity index (χ0n) is 19.8. The molecule has 0 saturated carbocycles. The summed E-state index contributed by atoms with van der Waals surface area (Å²) >= 11 is 0. The van der Waals surface area contributed by atoms with E-state index in [4.69, 9.17) is 0 Å². The molecule has 1 N–H and O–H groups in total. The number of sulfonamides is 1. The number of aliphatic carboxylic acids is 1. The minimum absolute atomic E-state index is 0.0123. The van der Waals surface area contributed by atoms with Crippen LogP contribution in [-0.4, -0.2) is 66.3 Å². The molecule has 0 bridgehead atoms. The van der Waals surface area contributed by atoms with Crippen LogP contribution in [0.15, 0.2) is 48.5 Å². The van der Waals surface area contributed by atoms with E-state index in [1.165, 1.54) is 28.3 Å². The molecular weight excluding hydrogens is 473 g/mol. The van der Waals surface area contributed by atoms with Crippen LogP contribution in [0.5, 0.6) is 0 Å². The number of halogens is 1. The summed E-state index contributed by atoms with van der Waals surface area (Å²) in [7, 11) is -3.71. The summed E-state index contributed by atoms with van der Waals surface area (Å²) in [5.74, 6) is -1.89. The Morgan fingerprint density at radius 3 is 2.43 bits per heavy atom. The molecule has 188 valence electrons. The van der Waals surface area contributed by atoms with Crippen LogP contribution in [0.1, 0.15) is 43.1 Å². The third-order valence-corrected chi connectivity index (χ3v) is 9.37. The van der Waals surface area contributed by atoms with E-state index >= 15 is 4.39 Å². The van der Waals surface area contributed by atoms with Gasteiger partial charge < -0.3 is 14.9 Å². The van der Waals surface area contributed by atoms with Crippen molar-refractivity contribution in [2.75, 3.05) is 24.5 Å². The molecule has 8 nitrogen and oxygen atoms in total. The molecule has 2 aromatic rings. The lowest BCUT2D eigenvalue weighted by Gasteiger charge is -2.40. The molecule has 0 aliphatic carbocycles. The molecule has 2 fully saturated rings. The number of carbonyl (C=O) groups excluding carboxylic acids is 1. The number of hydrogen-bond donors (Lipinski definition) is 1. The lowest BCUT2D eigenvalue weighted by Crippen LogP contribution is -2.57. The monoisotopic (exact) mass is 503 g/mol. The van der Waals surface area contributed by atoms with E-state index in [-0.39, 0.29) is 37.1 Å². The summed E-state index contributed by atoms with van der Waals surface area (Å²) in [6.45, 7) is 3.73. The van der Waals surface area contributed by atoms with Crippen LogP contribution < -0.4 is 4.90 Å². The Morgan fingerprint density at radius 1 is 1.09 bits per heavy atom. The molecule has 4 rings (SSSR count). The van der Waals surface area contributed by atoms with Crippen molar-refractivity contribution in [3.05, 3.63) is 65.5 Å². The van der Waals surface area contributed by atoms with Gasteiger partial charge in [0.05, 0.1) is 6.54 Å². The molecule has 1 unspecified atom stereocenters. The molecule has 0 aromatic heterocycles. The summed E-state index contributed by atoms with van der Waals surface area (Å²) < 4.78 is 43.5. The Morgan fingerprint density at radius 2 is 1.80 bits per heavy atom. The average Bonchev–Trinajstić information content (AvgIpc) is 2.82. The number of anilines is 1. The SMILES string of the molecule is CC(=O)N1CCN(c2ccc(CN3[C@@H](C)CCC(c4ccccc4)S3(=O)=O)c(F)c2)[C@@H](C(=O)O)C1. The van der Waals surface area contributed by atoms with Crippen LogP contribution in [0.4, 0.5) is 10.1 Å². The molecule has 0 spiro atoms. The van der Waals surface area contributed by atoms with Gasteiger partial charge in [-0.25, -0.2) is 17.6 Å². The van der Waals surface area contributed by atoms with Crippen LogP contribution in [0.2, 0.25) is 0 Å². The lowest BCUT2D eigenvalue weighted by atomic mass is 10.0. The largest absolute Gasteiger partial charge is 0.480 e. The molecule has 2 heterocycles. The lowest BCUT2D eigenvalue weighted by molar-refractivity contribution is -0.141. The Kier molecular flexibility index (Phi) is 7.14. The van der Waals surface area contributed by atoms with Crippen LogP contribution in [0.3, 0.4) is 0 Å². The number of amides is 1. The molecular formula is C25H30FN3O5S. The van der Waals surface area contributed by atoms with Crippen molar-refractivity contribution >= 4 is 27.6 Å². The smallest absolute Gasteiger partial charge is 0.328 e. The molecule has 35 heavy (non-hydrogen) atoms. The summed E-state index contributed by atoms with van der Waals surface area (Å²) in [5, 5.41) is 9.00. The van der Waals surface area contributed by atoms with Crippen molar-refractivity contribution in [3.8, 4) is 0 Å². The summed E-state index contributed by atoms with van der Waals surface area (Å²) in [5.41, 5.74) is 1.34. The third-order valence-electron chi connectivity index (χ3n) is 7.00. The van der Waals surface area contributed by atoms with Gasteiger partial charge in [0.1, 0.15) is 17.1 Å². The first-order valence-electron chi connectivity index (χ1n) is 11.7. The van der Waals surface area contributed by atoms with Gasteiger partial charge in [0.25, 0.3) is 0 Å². The molecule has 2 aliphatic heterocycles. The standard InChI is InChI=1S/C25H30FN3O5S/c1-17-8-11-24(19-6-4-3-5-7-19)35(33,34)29(17)15-20-9-10-21(14-22(20)26)28-13-12-27(18(2)30)16-23(28)25(31)32/h3-7,9-10,14,17,23-24H,8,11-13,15-16H2,1-2H3,(H,31,32)/t17-,23+,24?/m0/s1. The van der Waals surface area contributed by atoms with E-state index in [1.807, 2.05) is 25.1 Å². The van der Waals surface area contributed by atoms with Crippen LogP contribution >= 0.6 is 0 Å². The van der Waals surface area contributed by atoms with Crippen molar-refractivity contribution in [1.82, 2.24) is 9.21 Å². The molecule has 3 atom stereocenters. The number of carbonyl (C=O) groups is 2. The zero-order chi connectivity index (χ0) is 25.3. The number of nitrogens with zero attached hydrogens (tertiary/aromatic N) is 3. The normalized spacial score (nSPS) is 24.8. The van der Waals surface area contributed by atoms with Gasteiger partial charge in [0.2, 0.25) is 15.9 Å². The number of carboxylic acid groups (broad SMARTS) is 1. The van der Waals surface area contributed by atoms with Crippen LogP contribution in [0.25, 0.3) is 0 Å². The van der Waals surface area contributed by atoms with E-state index in [2.05, 4.69) is 0 Å². The van der Waals surface area contributed by atoms with E-state index in [0.717, 1.165) is 5.56 Å². The van der Waals surface area contributed by atoms with Gasteiger partial charge in [-0.15, -0.1) is 0 Å². The maximum absolute atomic E-state index is 15.2. The highest BCUT2D eigenvalue weighted by Gasteiger charge is 2.41. The number of rotatable bonds is 5. The van der Waals surface area contributed by atoms with Crippen molar-refractivity contribution in [1.29, 1.82) is 0 Å². The second-order valence-corrected chi connectivity index (χ2v) is 11.3. The minimum atomic E-state index is -3.71. The van der Waals surface area contributed by atoms with Crippen molar-refractivity contribution in [2.45, 2.75) is 50.6 Å². The predicted octanol–water partition coefficient (Wildman–Crippen LogP) is 3.00. The Hall–Kier alpha value is -2.98. The highest BCUT2D eigenvalue weighted by molar-refractivity contribution is 7.89. The highest BCUT2D eigenvalue weighted by Crippen LogP contribution is 2.38. The van der Waals surface area contributed by atoms with Crippen molar-refractivity contribution < 1.29 is 27.5 Å². The fraction of sp³-hybridized carbons (Fsp3) is 0.440. The quantitative estimate of drug-likeness (QED) is 0.674. The maximum Gasteiger partial charge on any atom is 0.328 e. The van der Waals surface area contributed by atoms with Gasteiger partial charge in [0.15, 0.2) is 0 Å². The van der Waals surface area contributed by atoms with Gasteiger partial charge in [-0.2, -0.15) is 4.31 Å². The fourth-order valence-electron chi connectivity index (χ4n) is 4.95. The second-order valence-electron chi connectivity index (χ2n) is 9.20. The molecule has 0 radical (unpaired) electrons. The second kappa shape index (κ2) is 9.94. The Bertz CT molecular complexity index is 1210. The van der Waals surface area contributed by atoms with E-state index in [9.17, 15) is 23.1 Å². The first-order chi connectivity index (χ1) is 16.6. The fourth-order valence-corrected chi connectivity index (χ4v) is 7.14. The topological polar surface area (TPSA) is 98.2 Å². The van der Waals surface area contributed by atoms with Gasteiger partial charge in [-0.05, 0) is 37.5 Å². The number of hydrogen-bond acceptors (Lipinski definition) is 5. The molecule has 1 amide bonds. The zero-order valence-corrected chi connectivity index (χ0v) is 20.6. The average molecular weight is 504 g/mol. The Labute approximate surface area is 205 Å². The Balaban J connectivity index is 1.57. The minimum Gasteiger partial charge on any atom is -0.480 e. The van der Waals surface area contributed by atoms with Gasteiger partial charge >= 0.3 is 5.97 Å². The van der Waals surface area contributed by atoms with Crippen molar-refractivity contribution in [2.24, 2.45) is 0 Å². The molecule has 2 aromatic carbocycles. The molecule has 2 saturated heterocycles. The first kappa shape index (κ1) is 25.1. The summed E-state index contributed by atoms with van der Waals surface area (Å²) in [6, 6.07) is 12.2.